The number of halogens is 1. The van der Waals surface area contributed by atoms with E-state index in [0.29, 0.717) is 0 Å². The molecule has 0 spiro atoms. The van der Waals surface area contributed by atoms with Gasteiger partial charge in [0.05, 0.1) is 16.7 Å². The van der Waals surface area contributed by atoms with E-state index in [-0.39, 0.29) is 11.7 Å². The van der Waals surface area contributed by atoms with E-state index < -0.39 is 0 Å². The number of hydrogen-bond donors (Lipinski definition) is 1. The van der Waals surface area contributed by atoms with Gasteiger partial charge < -0.3 is 4.98 Å². The summed E-state index contributed by atoms with van der Waals surface area (Å²) >= 11 is 6.03. The topological polar surface area (TPSA) is 53.9 Å². The molecule has 24 heavy (non-hydrogen) atoms. The molecule has 0 radical (unpaired) electrons. The van der Waals surface area contributed by atoms with E-state index in [0.717, 1.165) is 54.2 Å². The monoisotopic (exact) mass is 342 g/mol. The van der Waals surface area contributed by atoms with Gasteiger partial charge in [0, 0.05) is 36.9 Å². The number of hydrogen-bond acceptors (Lipinski definition) is 3. The van der Waals surface area contributed by atoms with Gasteiger partial charge in [0.15, 0.2) is 0 Å². The number of aromatic nitrogens is 3. The lowest BCUT2D eigenvalue weighted by Crippen LogP contribution is -2.36. The molecule has 4 rings (SSSR count). The third-order valence-corrected chi connectivity index (χ3v) is 4.95. The van der Waals surface area contributed by atoms with Gasteiger partial charge >= 0.3 is 5.69 Å². The summed E-state index contributed by atoms with van der Waals surface area (Å²) in [6, 6.07) is 11.8. The first-order valence-corrected chi connectivity index (χ1v) is 8.60. The van der Waals surface area contributed by atoms with Crippen LogP contribution in [0.1, 0.15) is 24.6 Å². The Hall–Kier alpha value is -2.11. The molecule has 1 aliphatic heterocycles. The lowest BCUT2D eigenvalue weighted by atomic mass is 10.0. The van der Waals surface area contributed by atoms with Gasteiger partial charge in [0.2, 0.25) is 0 Å². The van der Waals surface area contributed by atoms with Crippen molar-refractivity contribution in [2.45, 2.75) is 25.4 Å². The summed E-state index contributed by atoms with van der Waals surface area (Å²) < 4.78 is 1.92. The number of aromatic amines is 1. The number of imidazole rings is 1. The minimum absolute atomic E-state index is 0.00819. The lowest BCUT2D eigenvalue weighted by molar-refractivity contribution is 0.178. The fraction of sp³-hybridized carbons (Fsp3) is 0.333. The molecule has 1 saturated heterocycles. The highest BCUT2D eigenvalue weighted by Gasteiger charge is 2.23. The number of nitrogens with one attached hydrogen (secondary N) is 1. The van der Waals surface area contributed by atoms with E-state index in [9.17, 15) is 4.79 Å². The number of likely N-dealkylation sites (tertiary alicyclic amines) is 1. The van der Waals surface area contributed by atoms with Gasteiger partial charge in [-0.15, -0.1) is 0 Å². The van der Waals surface area contributed by atoms with Crippen molar-refractivity contribution in [1.29, 1.82) is 0 Å². The Balaban J connectivity index is 1.48. The fourth-order valence-corrected chi connectivity index (χ4v) is 3.72. The van der Waals surface area contributed by atoms with Crippen LogP contribution in [0.2, 0.25) is 5.02 Å². The van der Waals surface area contributed by atoms with Gasteiger partial charge in [-0.25, -0.2) is 4.79 Å². The van der Waals surface area contributed by atoms with Crippen molar-refractivity contribution in [2.24, 2.45) is 0 Å². The van der Waals surface area contributed by atoms with Crippen LogP contribution < -0.4 is 5.69 Å². The Morgan fingerprint density at radius 3 is 2.79 bits per heavy atom. The van der Waals surface area contributed by atoms with E-state index in [4.69, 9.17) is 11.6 Å². The molecule has 3 aromatic rings. The highest BCUT2D eigenvalue weighted by Crippen LogP contribution is 2.25. The zero-order chi connectivity index (χ0) is 16.5. The summed E-state index contributed by atoms with van der Waals surface area (Å²) in [4.78, 5) is 22.0. The van der Waals surface area contributed by atoms with Crippen LogP contribution in [0.4, 0.5) is 0 Å². The second-order valence-electron chi connectivity index (χ2n) is 6.29. The molecule has 5 nitrogen and oxygen atoms in total. The van der Waals surface area contributed by atoms with Gasteiger partial charge in [-0.2, -0.15) is 0 Å². The molecule has 0 atom stereocenters. The SMILES string of the molecule is O=c1[nH]c2ccccc2n1C1CCN(Cc2cc(Cl)ccn2)CC1. The normalized spacial score (nSPS) is 16.7. The molecule has 3 heterocycles. The number of rotatable bonds is 3. The molecule has 124 valence electrons. The van der Waals surface area contributed by atoms with E-state index in [1.165, 1.54) is 0 Å². The van der Waals surface area contributed by atoms with Crippen molar-refractivity contribution < 1.29 is 0 Å². The number of H-pyrrole nitrogens is 1. The van der Waals surface area contributed by atoms with Crippen LogP contribution in [0, 0.1) is 0 Å². The summed E-state index contributed by atoms with van der Waals surface area (Å²) in [5.74, 6) is 0. The molecule has 2 aromatic heterocycles. The Labute approximate surface area is 144 Å². The maximum absolute atomic E-state index is 12.3. The van der Waals surface area contributed by atoms with Crippen molar-refractivity contribution in [3.8, 4) is 0 Å². The van der Waals surface area contributed by atoms with Gasteiger partial charge in [-0.3, -0.25) is 14.5 Å². The van der Waals surface area contributed by atoms with Crippen molar-refractivity contribution in [3.05, 3.63) is 63.8 Å². The molecule has 0 unspecified atom stereocenters. The van der Waals surface area contributed by atoms with Crippen molar-refractivity contribution in [3.63, 3.8) is 0 Å². The maximum atomic E-state index is 12.3. The van der Waals surface area contributed by atoms with Gasteiger partial charge in [0.25, 0.3) is 0 Å². The maximum Gasteiger partial charge on any atom is 0.326 e. The summed E-state index contributed by atoms with van der Waals surface area (Å²) in [7, 11) is 0. The summed E-state index contributed by atoms with van der Waals surface area (Å²) in [6.45, 7) is 2.70. The third-order valence-electron chi connectivity index (χ3n) is 4.71. The number of fused-ring (bicyclic) bond motifs is 1. The summed E-state index contributed by atoms with van der Waals surface area (Å²) in [5.41, 5.74) is 2.89. The third kappa shape index (κ3) is 2.97. The average molecular weight is 343 g/mol. The Bertz CT molecular complexity index is 909. The van der Waals surface area contributed by atoms with Crippen LogP contribution in [0.15, 0.2) is 47.4 Å². The standard InChI is InChI=1S/C18H19ClN4O/c19-13-5-8-20-14(11-13)12-22-9-6-15(7-10-22)23-17-4-2-1-3-16(17)21-18(23)24/h1-5,8,11,15H,6-7,9-10,12H2,(H,21,24). The second-order valence-corrected chi connectivity index (χ2v) is 6.73. The molecule has 1 aromatic carbocycles. The highest BCUT2D eigenvalue weighted by atomic mass is 35.5. The molecule has 1 aliphatic rings. The van der Waals surface area contributed by atoms with E-state index in [1.54, 1.807) is 12.3 Å². The van der Waals surface area contributed by atoms with Crippen LogP contribution in [0.25, 0.3) is 11.0 Å². The first-order valence-electron chi connectivity index (χ1n) is 8.23. The number of para-hydroxylation sites is 2. The van der Waals surface area contributed by atoms with Crippen molar-refractivity contribution in [1.82, 2.24) is 19.4 Å². The first kappa shape index (κ1) is 15.4. The minimum atomic E-state index is -0.00819. The molecule has 0 bridgehead atoms. The summed E-state index contributed by atoms with van der Waals surface area (Å²) in [5, 5.41) is 0.722. The van der Waals surface area contributed by atoms with E-state index in [1.807, 2.05) is 34.9 Å². The Kier molecular flexibility index (Phi) is 4.12. The van der Waals surface area contributed by atoms with Crippen LogP contribution in [0.3, 0.4) is 0 Å². The van der Waals surface area contributed by atoms with Crippen molar-refractivity contribution in [2.75, 3.05) is 13.1 Å². The zero-order valence-corrected chi connectivity index (χ0v) is 14.0. The van der Waals surface area contributed by atoms with Crippen LogP contribution in [0.5, 0.6) is 0 Å². The molecule has 0 aliphatic carbocycles. The molecule has 1 fully saturated rings. The number of piperidine rings is 1. The number of pyridine rings is 1. The highest BCUT2D eigenvalue weighted by molar-refractivity contribution is 6.30. The average Bonchev–Trinajstić information content (AvgIpc) is 2.91. The van der Waals surface area contributed by atoms with Gasteiger partial charge in [-0.05, 0) is 37.1 Å². The fourth-order valence-electron chi connectivity index (χ4n) is 3.54. The van der Waals surface area contributed by atoms with Gasteiger partial charge in [0.1, 0.15) is 0 Å². The molecule has 6 heteroatoms. The quantitative estimate of drug-likeness (QED) is 0.795. The Morgan fingerprint density at radius 2 is 2.00 bits per heavy atom. The number of benzene rings is 1. The summed E-state index contributed by atoms with van der Waals surface area (Å²) in [6.07, 6.45) is 3.67. The predicted molar refractivity (Wildman–Crippen MR) is 95.4 cm³/mol. The van der Waals surface area contributed by atoms with Gasteiger partial charge in [-0.1, -0.05) is 23.7 Å². The molecule has 0 saturated carbocycles. The van der Waals surface area contributed by atoms with E-state index >= 15 is 0 Å². The zero-order valence-electron chi connectivity index (χ0n) is 13.3. The predicted octanol–water partition coefficient (Wildman–Crippen LogP) is 3.22. The molecule has 0 amide bonds. The smallest absolute Gasteiger partial charge is 0.306 e. The minimum Gasteiger partial charge on any atom is -0.306 e. The van der Waals surface area contributed by atoms with Crippen LogP contribution >= 0.6 is 11.6 Å². The van der Waals surface area contributed by atoms with Crippen molar-refractivity contribution >= 4 is 22.6 Å². The van der Waals surface area contributed by atoms with E-state index in [2.05, 4.69) is 14.9 Å². The second kappa shape index (κ2) is 6.42. The molecular weight excluding hydrogens is 324 g/mol. The number of nitrogens with zero attached hydrogens (tertiary/aromatic N) is 3. The first-order chi connectivity index (χ1) is 11.7. The molecular formula is C18H19ClN4O. The largest absolute Gasteiger partial charge is 0.326 e. The lowest BCUT2D eigenvalue weighted by Gasteiger charge is -2.32. The Morgan fingerprint density at radius 1 is 1.21 bits per heavy atom. The van der Waals surface area contributed by atoms with Crippen LogP contribution in [-0.2, 0) is 6.54 Å². The van der Waals surface area contributed by atoms with Crippen LogP contribution in [-0.4, -0.2) is 32.5 Å². The molecule has 1 N–H and O–H groups in total.